The van der Waals surface area contributed by atoms with Crippen molar-refractivity contribution in [3.05, 3.63) is 10.5 Å². The molecule has 2 aliphatic heterocycles. The van der Waals surface area contributed by atoms with E-state index in [-0.39, 0.29) is 0 Å². The van der Waals surface area contributed by atoms with Gasteiger partial charge >= 0.3 is 0 Å². The molecule has 0 fully saturated rings. The summed E-state index contributed by atoms with van der Waals surface area (Å²) in [6.07, 6.45) is 5.32. The SMILES string of the molecule is CC1CCC2=C(CCNCC2)SC1C. The van der Waals surface area contributed by atoms with Gasteiger partial charge in [0.25, 0.3) is 0 Å². The van der Waals surface area contributed by atoms with Crippen LogP contribution in [0.1, 0.15) is 39.5 Å². The average molecular weight is 211 g/mol. The lowest BCUT2D eigenvalue weighted by Crippen LogP contribution is -2.15. The minimum atomic E-state index is 0.820. The maximum Gasteiger partial charge on any atom is 0.00886 e. The molecule has 0 saturated heterocycles. The summed E-state index contributed by atoms with van der Waals surface area (Å²) in [7, 11) is 0. The van der Waals surface area contributed by atoms with Crippen LogP contribution in [0.25, 0.3) is 0 Å². The van der Waals surface area contributed by atoms with Crippen LogP contribution in [0, 0.1) is 5.92 Å². The van der Waals surface area contributed by atoms with E-state index >= 15 is 0 Å². The molecule has 2 heterocycles. The van der Waals surface area contributed by atoms with E-state index in [4.69, 9.17) is 0 Å². The molecule has 1 N–H and O–H groups in total. The maximum atomic E-state index is 3.50. The molecule has 0 saturated carbocycles. The van der Waals surface area contributed by atoms with Gasteiger partial charge in [-0.05, 0) is 49.6 Å². The lowest BCUT2D eigenvalue weighted by Gasteiger charge is -2.16. The molecule has 14 heavy (non-hydrogen) atoms. The first-order valence-electron chi connectivity index (χ1n) is 5.85. The fourth-order valence-corrected chi connectivity index (χ4v) is 3.67. The topological polar surface area (TPSA) is 12.0 Å². The van der Waals surface area contributed by atoms with Crippen molar-refractivity contribution >= 4 is 11.8 Å². The Labute approximate surface area is 91.7 Å². The van der Waals surface area contributed by atoms with Crippen LogP contribution in [-0.2, 0) is 0 Å². The minimum Gasteiger partial charge on any atom is -0.316 e. The molecular weight excluding hydrogens is 190 g/mol. The molecule has 2 atom stereocenters. The Kier molecular flexibility index (Phi) is 3.56. The molecule has 0 radical (unpaired) electrons. The van der Waals surface area contributed by atoms with Crippen LogP contribution in [0.15, 0.2) is 10.5 Å². The first-order chi connectivity index (χ1) is 6.77. The second kappa shape index (κ2) is 4.71. The van der Waals surface area contributed by atoms with E-state index < -0.39 is 0 Å². The van der Waals surface area contributed by atoms with Crippen molar-refractivity contribution in [2.24, 2.45) is 5.92 Å². The number of rotatable bonds is 0. The van der Waals surface area contributed by atoms with Crippen molar-refractivity contribution < 1.29 is 0 Å². The van der Waals surface area contributed by atoms with Crippen molar-refractivity contribution in [3.63, 3.8) is 0 Å². The van der Waals surface area contributed by atoms with Crippen LogP contribution >= 0.6 is 11.8 Å². The first kappa shape index (κ1) is 10.6. The Balaban J connectivity index is 2.11. The van der Waals surface area contributed by atoms with Crippen molar-refractivity contribution in [1.29, 1.82) is 0 Å². The highest BCUT2D eigenvalue weighted by Crippen LogP contribution is 2.39. The molecule has 0 aliphatic carbocycles. The number of nitrogens with one attached hydrogen (secondary N) is 1. The molecule has 2 rings (SSSR count). The zero-order valence-corrected chi connectivity index (χ0v) is 10.1. The van der Waals surface area contributed by atoms with Crippen LogP contribution < -0.4 is 5.32 Å². The molecule has 80 valence electrons. The normalized spacial score (nSPS) is 34.7. The Hall–Kier alpha value is 0.0500. The highest BCUT2D eigenvalue weighted by atomic mass is 32.2. The molecule has 0 aromatic heterocycles. The van der Waals surface area contributed by atoms with Gasteiger partial charge in [-0.25, -0.2) is 0 Å². The number of hydrogen-bond donors (Lipinski definition) is 1. The van der Waals surface area contributed by atoms with Gasteiger partial charge in [0, 0.05) is 5.25 Å². The van der Waals surface area contributed by atoms with Gasteiger partial charge in [0.2, 0.25) is 0 Å². The molecule has 2 aliphatic rings. The van der Waals surface area contributed by atoms with Crippen molar-refractivity contribution in [1.82, 2.24) is 5.32 Å². The van der Waals surface area contributed by atoms with Gasteiger partial charge in [-0.3, -0.25) is 0 Å². The zero-order valence-electron chi connectivity index (χ0n) is 9.31. The number of thioether (sulfide) groups is 1. The summed E-state index contributed by atoms with van der Waals surface area (Å²) in [5.41, 5.74) is 1.76. The average Bonchev–Trinajstić information content (AvgIpc) is 2.45. The Morgan fingerprint density at radius 2 is 1.93 bits per heavy atom. The third-order valence-corrected chi connectivity index (χ3v) is 5.17. The maximum absolute atomic E-state index is 3.50. The van der Waals surface area contributed by atoms with Gasteiger partial charge in [0.05, 0.1) is 0 Å². The highest BCUT2D eigenvalue weighted by molar-refractivity contribution is 8.03. The molecule has 0 amide bonds. The number of hydrogen-bond acceptors (Lipinski definition) is 2. The Morgan fingerprint density at radius 3 is 2.79 bits per heavy atom. The molecule has 0 spiro atoms. The quantitative estimate of drug-likeness (QED) is 0.660. The molecule has 0 bridgehead atoms. The standard InChI is InChI=1S/C12H21NS/c1-9-3-4-11-5-7-13-8-6-12(11)14-10(9)2/h9-10,13H,3-8H2,1-2H3. The fourth-order valence-electron chi connectivity index (χ4n) is 2.27. The molecular formula is C12H21NS. The summed E-state index contributed by atoms with van der Waals surface area (Å²) in [5, 5.41) is 4.32. The lowest BCUT2D eigenvalue weighted by molar-refractivity contribution is 0.527. The Morgan fingerprint density at radius 1 is 1.14 bits per heavy atom. The van der Waals surface area contributed by atoms with Gasteiger partial charge in [-0.1, -0.05) is 19.4 Å². The van der Waals surface area contributed by atoms with Crippen molar-refractivity contribution in [2.45, 2.75) is 44.8 Å². The summed E-state index contributed by atoms with van der Waals surface area (Å²) in [4.78, 5) is 1.71. The summed E-state index contributed by atoms with van der Waals surface area (Å²) in [6.45, 7) is 7.18. The van der Waals surface area contributed by atoms with E-state index in [1.807, 2.05) is 0 Å². The lowest BCUT2D eigenvalue weighted by atomic mass is 9.97. The zero-order chi connectivity index (χ0) is 9.97. The van der Waals surface area contributed by atoms with E-state index in [0.29, 0.717) is 0 Å². The molecule has 1 nitrogen and oxygen atoms in total. The first-order valence-corrected chi connectivity index (χ1v) is 6.73. The van der Waals surface area contributed by atoms with Crippen molar-refractivity contribution in [3.8, 4) is 0 Å². The van der Waals surface area contributed by atoms with E-state index in [1.165, 1.54) is 38.8 Å². The summed E-state index contributed by atoms with van der Waals surface area (Å²) in [6, 6.07) is 0. The summed E-state index contributed by atoms with van der Waals surface area (Å²) >= 11 is 2.15. The largest absolute Gasteiger partial charge is 0.316 e. The van der Waals surface area contributed by atoms with E-state index in [1.54, 1.807) is 10.5 Å². The second-order valence-corrected chi connectivity index (χ2v) is 6.09. The minimum absolute atomic E-state index is 0.820. The van der Waals surface area contributed by atoms with Crippen LogP contribution in [0.3, 0.4) is 0 Å². The van der Waals surface area contributed by atoms with Crippen LogP contribution in [0.4, 0.5) is 0 Å². The summed E-state index contributed by atoms with van der Waals surface area (Å²) < 4.78 is 0. The van der Waals surface area contributed by atoms with Crippen LogP contribution in [-0.4, -0.2) is 18.3 Å². The van der Waals surface area contributed by atoms with Crippen LogP contribution in [0.5, 0.6) is 0 Å². The van der Waals surface area contributed by atoms with E-state index in [0.717, 1.165) is 11.2 Å². The van der Waals surface area contributed by atoms with Gasteiger partial charge in [0.1, 0.15) is 0 Å². The monoisotopic (exact) mass is 211 g/mol. The predicted molar refractivity (Wildman–Crippen MR) is 64.6 cm³/mol. The highest BCUT2D eigenvalue weighted by Gasteiger charge is 2.22. The second-order valence-electron chi connectivity index (χ2n) is 4.62. The predicted octanol–water partition coefficient (Wildman–Crippen LogP) is 3.18. The van der Waals surface area contributed by atoms with Crippen LogP contribution in [0.2, 0.25) is 0 Å². The third kappa shape index (κ3) is 2.34. The fraction of sp³-hybridized carbons (Fsp3) is 0.833. The van der Waals surface area contributed by atoms with Gasteiger partial charge in [-0.15, -0.1) is 11.8 Å². The third-order valence-electron chi connectivity index (χ3n) is 3.56. The van der Waals surface area contributed by atoms with Gasteiger partial charge < -0.3 is 5.32 Å². The molecule has 2 unspecified atom stereocenters. The molecule has 0 aromatic carbocycles. The van der Waals surface area contributed by atoms with E-state index in [2.05, 4.69) is 30.9 Å². The molecule has 0 aromatic rings. The summed E-state index contributed by atoms with van der Waals surface area (Å²) in [5.74, 6) is 0.889. The van der Waals surface area contributed by atoms with Gasteiger partial charge in [0.15, 0.2) is 0 Å². The van der Waals surface area contributed by atoms with Crippen molar-refractivity contribution in [2.75, 3.05) is 13.1 Å². The smallest absolute Gasteiger partial charge is 0.00886 e. The molecule has 2 heteroatoms. The Bertz CT molecular complexity index is 234. The van der Waals surface area contributed by atoms with Gasteiger partial charge in [-0.2, -0.15) is 0 Å². The van der Waals surface area contributed by atoms with E-state index in [9.17, 15) is 0 Å².